The zero-order valence-corrected chi connectivity index (χ0v) is 16.5. The smallest absolute Gasteiger partial charge is 0.338 e. The van der Waals surface area contributed by atoms with Crippen LogP contribution in [0.5, 0.6) is 11.5 Å². The first kappa shape index (κ1) is 22.0. The molecule has 0 radical (unpaired) electrons. The zero-order chi connectivity index (χ0) is 21.1. The molecule has 0 fully saturated rings. The van der Waals surface area contributed by atoms with Gasteiger partial charge in [0.25, 0.3) is 11.8 Å². The van der Waals surface area contributed by atoms with Crippen LogP contribution < -0.4 is 20.3 Å². The first-order valence-electron chi connectivity index (χ1n) is 8.84. The van der Waals surface area contributed by atoms with E-state index in [1.54, 1.807) is 48.5 Å². The molecule has 0 aliphatic carbocycles. The lowest BCUT2D eigenvalue weighted by Gasteiger charge is -2.09. The highest BCUT2D eigenvalue weighted by molar-refractivity contribution is 6.30. The molecule has 29 heavy (non-hydrogen) atoms. The summed E-state index contributed by atoms with van der Waals surface area (Å²) in [5.74, 6) is -0.844. The molecule has 8 nitrogen and oxygen atoms in total. The maximum Gasteiger partial charge on any atom is 0.338 e. The first-order chi connectivity index (χ1) is 14.0. The van der Waals surface area contributed by atoms with Crippen LogP contribution in [-0.4, -0.2) is 37.6 Å². The molecule has 0 aliphatic heterocycles. The number of carbonyl (C=O) groups is 3. The average Bonchev–Trinajstić information content (AvgIpc) is 2.74. The first-order valence-corrected chi connectivity index (χ1v) is 9.21. The molecule has 0 saturated heterocycles. The predicted molar refractivity (Wildman–Crippen MR) is 106 cm³/mol. The summed E-state index contributed by atoms with van der Waals surface area (Å²) >= 11 is 5.75. The summed E-state index contributed by atoms with van der Waals surface area (Å²) in [7, 11) is 0. The average molecular weight is 421 g/mol. The van der Waals surface area contributed by atoms with Crippen molar-refractivity contribution in [1.29, 1.82) is 0 Å². The molecule has 2 aromatic rings. The van der Waals surface area contributed by atoms with Crippen LogP contribution >= 0.6 is 11.6 Å². The van der Waals surface area contributed by atoms with Gasteiger partial charge in [0.15, 0.2) is 13.2 Å². The number of benzene rings is 2. The van der Waals surface area contributed by atoms with Gasteiger partial charge in [-0.3, -0.25) is 20.4 Å². The summed E-state index contributed by atoms with van der Waals surface area (Å²) in [4.78, 5) is 35.3. The fourth-order valence-electron chi connectivity index (χ4n) is 2.01. The van der Waals surface area contributed by atoms with Gasteiger partial charge >= 0.3 is 5.97 Å². The molecule has 0 unspecified atom stereocenters. The minimum Gasteiger partial charge on any atom is -0.494 e. The van der Waals surface area contributed by atoms with Gasteiger partial charge in [0, 0.05) is 5.02 Å². The van der Waals surface area contributed by atoms with E-state index in [4.69, 9.17) is 25.8 Å². The number of rotatable bonds is 9. The van der Waals surface area contributed by atoms with Crippen molar-refractivity contribution in [3.63, 3.8) is 0 Å². The van der Waals surface area contributed by atoms with E-state index in [1.807, 2.05) is 6.92 Å². The molecule has 0 heterocycles. The molecular weight excluding hydrogens is 400 g/mol. The number of hydrogen-bond donors (Lipinski definition) is 2. The Balaban J connectivity index is 1.66. The van der Waals surface area contributed by atoms with Crippen LogP contribution in [-0.2, 0) is 14.3 Å². The molecule has 154 valence electrons. The van der Waals surface area contributed by atoms with E-state index in [2.05, 4.69) is 10.9 Å². The SMILES string of the molecule is CCCOc1ccc(C(=O)OCC(=O)NNC(=O)COc2ccc(Cl)cc2)cc1. The van der Waals surface area contributed by atoms with Gasteiger partial charge < -0.3 is 14.2 Å². The van der Waals surface area contributed by atoms with E-state index in [9.17, 15) is 14.4 Å². The molecule has 0 saturated carbocycles. The molecule has 0 spiro atoms. The summed E-state index contributed by atoms with van der Waals surface area (Å²) in [6, 6.07) is 12.8. The fourth-order valence-corrected chi connectivity index (χ4v) is 2.14. The molecule has 0 aromatic heterocycles. The van der Waals surface area contributed by atoms with E-state index >= 15 is 0 Å². The number of carbonyl (C=O) groups excluding carboxylic acids is 3. The maximum absolute atomic E-state index is 11.9. The van der Waals surface area contributed by atoms with E-state index in [1.165, 1.54) is 0 Å². The number of ether oxygens (including phenoxy) is 3. The Morgan fingerprint density at radius 2 is 1.38 bits per heavy atom. The number of hydrogen-bond acceptors (Lipinski definition) is 6. The summed E-state index contributed by atoms with van der Waals surface area (Å²) in [6.07, 6.45) is 0.878. The van der Waals surface area contributed by atoms with Crippen molar-refractivity contribution in [1.82, 2.24) is 10.9 Å². The highest BCUT2D eigenvalue weighted by atomic mass is 35.5. The Kier molecular flexibility index (Phi) is 8.78. The number of hydrazine groups is 1. The van der Waals surface area contributed by atoms with Crippen LogP contribution in [0.1, 0.15) is 23.7 Å². The lowest BCUT2D eigenvalue weighted by Crippen LogP contribution is -2.45. The second-order valence-electron chi connectivity index (χ2n) is 5.79. The monoisotopic (exact) mass is 420 g/mol. The number of esters is 1. The van der Waals surface area contributed by atoms with Crippen LogP contribution in [0.25, 0.3) is 0 Å². The van der Waals surface area contributed by atoms with Gasteiger partial charge in [-0.15, -0.1) is 0 Å². The molecule has 0 bridgehead atoms. The zero-order valence-electron chi connectivity index (χ0n) is 15.8. The Hall–Kier alpha value is -3.26. The van der Waals surface area contributed by atoms with Gasteiger partial charge in [0.2, 0.25) is 0 Å². The van der Waals surface area contributed by atoms with Crippen molar-refractivity contribution in [2.45, 2.75) is 13.3 Å². The minimum absolute atomic E-state index is 0.280. The van der Waals surface area contributed by atoms with Crippen molar-refractivity contribution in [3.05, 3.63) is 59.1 Å². The minimum atomic E-state index is -0.693. The van der Waals surface area contributed by atoms with Gasteiger partial charge in [0.1, 0.15) is 11.5 Å². The molecule has 0 aliphatic rings. The third kappa shape index (κ3) is 8.10. The molecule has 2 aromatic carbocycles. The molecule has 0 atom stereocenters. The van der Waals surface area contributed by atoms with Crippen molar-refractivity contribution in [2.24, 2.45) is 0 Å². The van der Waals surface area contributed by atoms with Gasteiger partial charge in [-0.05, 0) is 55.0 Å². The van der Waals surface area contributed by atoms with Gasteiger partial charge in [-0.1, -0.05) is 18.5 Å². The third-order valence-corrected chi connectivity index (χ3v) is 3.67. The Labute approximate surface area is 173 Å². The topological polar surface area (TPSA) is 103 Å². The number of halogens is 1. The van der Waals surface area contributed by atoms with Crippen molar-refractivity contribution >= 4 is 29.4 Å². The van der Waals surface area contributed by atoms with Crippen molar-refractivity contribution < 1.29 is 28.6 Å². The standard InChI is InChI=1S/C20H21ClN2O6/c1-2-11-27-16-7-3-14(4-8-16)20(26)29-13-19(25)23-22-18(24)12-28-17-9-5-15(21)6-10-17/h3-10H,2,11-13H2,1H3,(H,22,24)(H,23,25). The Morgan fingerprint density at radius 1 is 0.828 bits per heavy atom. The Bertz CT molecular complexity index is 824. The molecule has 2 N–H and O–H groups in total. The van der Waals surface area contributed by atoms with E-state index in [0.29, 0.717) is 23.1 Å². The van der Waals surface area contributed by atoms with Gasteiger partial charge in [-0.2, -0.15) is 0 Å². The Morgan fingerprint density at radius 3 is 2.00 bits per heavy atom. The van der Waals surface area contributed by atoms with Crippen LogP contribution in [0.2, 0.25) is 5.02 Å². The van der Waals surface area contributed by atoms with Crippen LogP contribution in [0.15, 0.2) is 48.5 Å². The largest absolute Gasteiger partial charge is 0.494 e. The second kappa shape index (κ2) is 11.6. The lowest BCUT2D eigenvalue weighted by molar-refractivity contribution is -0.131. The number of amides is 2. The van der Waals surface area contributed by atoms with Crippen LogP contribution in [0.4, 0.5) is 0 Å². The maximum atomic E-state index is 11.9. The van der Waals surface area contributed by atoms with Crippen LogP contribution in [0, 0.1) is 0 Å². The number of nitrogens with one attached hydrogen (secondary N) is 2. The highest BCUT2D eigenvalue weighted by Crippen LogP contribution is 2.15. The molecule has 9 heteroatoms. The normalized spacial score (nSPS) is 10.0. The van der Waals surface area contributed by atoms with E-state index in [0.717, 1.165) is 6.42 Å². The predicted octanol–water partition coefficient (Wildman–Crippen LogP) is 2.51. The van der Waals surface area contributed by atoms with Crippen LogP contribution in [0.3, 0.4) is 0 Å². The molecule has 2 rings (SSSR count). The quantitative estimate of drug-likeness (QED) is 0.477. The summed E-state index contributed by atoms with van der Waals surface area (Å²) in [6.45, 7) is 1.71. The van der Waals surface area contributed by atoms with Gasteiger partial charge in [-0.25, -0.2) is 4.79 Å². The summed E-state index contributed by atoms with van der Waals surface area (Å²) in [5.41, 5.74) is 4.57. The van der Waals surface area contributed by atoms with E-state index in [-0.39, 0.29) is 12.2 Å². The molecule has 2 amide bonds. The van der Waals surface area contributed by atoms with Gasteiger partial charge in [0.05, 0.1) is 12.2 Å². The van der Waals surface area contributed by atoms with E-state index < -0.39 is 24.4 Å². The third-order valence-electron chi connectivity index (χ3n) is 3.42. The highest BCUT2D eigenvalue weighted by Gasteiger charge is 2.11. The summed E-state index contributed by atoms with van der Waals surface area (Å²) in [5, 5.41) is 0.546. The summed E-state index contributed by atoms with van der Waals surface area (Å²) < 4.78 is 15.5. The fraction of sp³-hybridized carbons (Fsp3) is 0.250. The molecular formula is C20H21ClN2O6. The second-order valence-corrected chi connectivity index (χ2v) is 6.22. The van der Waals surface area contributed by atoms with Crippen molar-refractivity contribution in [2.75, 3.05) is 19.8 Å². The lowest BCUT2D eigenvalue weighted by atomic mass is 10.2. The van der Waals surface area contributed by atoms with Crippen molar-refractivity contribution in [3.8, 4) is 11.5 Å².